The van der Waals surface area contributed by atoms with Crippen molar-refractivity contribution in [1.82, 2.24) is 0 Å². The Morgan fingerprint density at radius 2 is 2.36 bits per heavy atom. The summed E-state index contributed by atoms with van der Waals surface area (Å²) in [5.74, 6) is 0.561. The molecule has 0 radical (unpaired) electrons. The molecule has 70 valence electrons. The highest BCUT2D eigenvalue weighted by atomic mass is 32.2. The number of carbonyl (C=O) groups is 1. The van der Waals surface area contributed by atoms with E-state index in [1.54, 1.807) is 18.0 Å². The topological polar surface area (TPSA) is 44.1 Å². The van der Waals surface area contributed by atoms with Crippen molar-refractivity contribution in [3.8, 4) is 6.07 Å². The third-order valence-corrected chi connectivity index (χ3v) is 3.20. The number of hydrogen-bond acceptors (Lipinski definition) is 3. The van der Waals surface area contributed by atoms with Crippen LogP contribution in [0.15, 0.2) is 23.1 Å². The molecule has 1 aliphatic rings. The number of amides is 1. The molecule has 0 aromatic heterocycles. The number of fused-ring (bicyclic) bond motifs is 1. The van der Waals surface area contributed by atoms with E-state index in [0.717, 1.165) is 10.6 Å². The van der Waals surface area contributed by atoms with Crippen molar-refractivity contribution in [1.29, 1.82) is 5.26 Å². The summed E-state index contributed by atoms with van der Waals surface area (Å²) < 4.78 is 0. The Labute approximate surface area is 86.3 Å². The van der Waals surface area contributed by atoms with Crippen molar-refractivity contribution in [2.45, 2.75) is 4.90 Å². The SMILES string of the molecule is CN1C(=O)CSc2cc(C#N)ccc21. The third kappa shape index (κ3) is 1.36. The van der Waals surface area contributed by atoms with Crippen LogP contribution >= 0.6 is 11.8 Å². The molecule has 0 saturated carbocycles. The maximum atomic E-state index is 11.4. The van der Waals surface area contributed by atoms with Gasteiger partial charge in [-0.15, -0.1) is 11.8 Å². The zero-order valence-electron chi connectivity index (χ0n) is 7.65. The predicted molar refractivity (Wildman–Crippen MR) is 55.3 cm³/mol. The predicted octanol–water partition coefficient (Wildman–Crippen LogP) is 1.63. The molecule has 0 saturated heterocycles. The summed E-state index contributed by atoms with van der Waals surface area (Å²) in [6.45, 7) is 0. The Kier molecular flexibility index (Phi) is 2.18. The molecule has 0 unspecified atom stereocenters. The molecular formula is C10H8N2OS. The number of hydrogen-bond donors (Lipinski definition) is 0. The number of benzene rings is 1. The second-order valence-electron chi connectivity index (χ2n) is 3.04. The van der Waals surface area contributed by atoms with Crippen LogP contribution in [0.4, 0.5) is 5.69 Å². The van der Waals surface area contributed by atoms with Gasteiger partial charge in [0, 0.05) is 11.9 Å². The summed E-state index contributed by atoms with van der Waals surface area (Å²) in [5, 5.41) is 8.72. The van der Waals surface area contributed by atoms with Crippen LogP contribution < -0.4 is 4.90 Å². The number of rotatable bonds is 0. The average Bonchev–Trinajstić information content (AvgIpc) is 2.23. The first-order valence-corrected chi connectivity index (χ1v) is 5.14. The molecule has 1 aromatic rings. The van der Waals surface area contributed by atoms with Gasteiger partial charge in [0.05, 0.1) is 23.1 Å². The largest absolute Gasteiger partial charge is 0.314 e. The van der Waals surface area contributed by atoms with Crippen LogP contribution in [0.25, 0.3) is 0 Å². The average molecular weight is 204 g/mol. The zero-order valence-corrected chi connectivity index (χ0v) is 8.47. The summed E-state index contributed by atoms with van der Waals surface area (Å²) >= 11 is 1.49. The molecule has 1 heterocycles. The molecule has 1 amide bonds. The number of anilines is 1. The van der Waals surface area contributed by atoms with Gasteiger partial charge in [0.2, 0.25) is 5.91 Å². The van der Waals surface area contributed by atoms with E-state index in [9.17, 15) is 4.79 Å². The van der Waals surface area contributed by atoms with Gasteiger partial charge in [-0.3, -0.25) is 4.79 Å². The summed E-state index contributed by atoms with van der Waals surface area (Å²) in [4.78, 5) is 14.0. The zero-order chi connectivity index (χ0) is 10.1. The maximum absolute atomic E-state index is 11.4. The fourth-order valence-corrected chi connectivity index (χ4v) is 2.38. The van der Waals surface area contributed by atoms with Crippen molar-refractivity contribution < 1.29 is 4.79 Å². The Morgan fingerprint density at radius 1 is 1.57 bits per heavy atom. The summed E-state index contributed by atoms with van der Waals surface area (Å²) in [5.41, 5.74) is 1.53. The molecule has 0 atom stereocenters. The van der Waals surface area contributed by atoms with Gasteiger partial charge in [-0.05, 0) is 18.2 Å². The lowest BCUT2D eigenvalue weighted by Crippen LogP contribution is -2.31. The molecular weight excluding hydrogens is 196 g/mol. The first kappa shape index (κ1) is 9.10. The quantitative estimate of drug-likeness (QED) is 0.645. The minimum atomic E-state index is 0.104. The van der Waals surface area contributed by atoms with Crippen molar-refractivity contribution in [3.63, 3.8) is 0 Å². The van der Waals surface area contributed by atoms with Crippen LogP contribution in [-0.4, -0.2) is 18.7 Å². The molecule has 0 N–H and O–H groups in total. The van der Waals surface area contributed by atoms with Crippen LogP contribution in [0.5, 0.6) is 0 Å². The minimum Gasteiger partial charge on any atom is -0.314 e. The van der Waals surface area contributed by atoms with Gasteiger partial charge >= 0.3 is 0 Å². The molecule has 3 nitrogen and oxygen atoms in total. The minimum absolute atomic E-state index is 0.104. The number of nitrogens with zero attached hydrogens (tertiary/aromatic N) is 2. The fraction of sp³-hybridized carbons (Fsp3) is 0.200. The van der Waals surface area contributed by atoms with Gasteiger partial charge in [-0.2, -0.15) is 5.26 Å². The number of thioether (sulfide) groups is 1. The summed E-state index contributed by atoms with van der Waals surface area (Å²) in [7, 11) is 1.76. The lowest BCUT2D eigenvalue weighted by molar-refractivity contribution is -0.116. The Hall–Kier alpha value is -1.47. The van der Waals surface area contributed by atoms with Gasteiger partial charge in [-0.25, -0.2) is 0 Å². The summed E-state index contributed by atoms with van der Waals surface area (Å²) in [6, 6.07) is 7.46. The maximum Gasteiger partial charge on any atom is 0.237 e. The van der Waals surface area contributed by atoms with Crippen molar-refractivity contribution >= 4 is 23.4 Å². The van der Waals surface area contributed by atoms with E-state index in [0.29, 0.717) is 11.3 Å². The van der Waals surface area contributed by atoms with E-state index in [1.807, 2.05) is 12.1 Å². The standard InChI is InChI=1S/C10H8N2OS/c1-12-8-3-2-7(5-11)4-9(8)14-6-10(12)13/h2-4H,6H2,1H3. The molecule has 0 bridgehead atoms. The lowest BCUT2D eigenvalue weighted by Gasteiger charge is -2.24. The fourth-order valence-electron chi connectivity index (χ4n) is 1.35. The summed E-state index contributed by atoms with van der Waals surface area (Å²) in [6.07, 6.45) is 0. The van der Waals surface area contributed by atoms with Gasteiger partial charge in [-0.1, -0.05) is 0 Å². The molecule has 1 aromatic carbocycles. The molecule has 0 aliphatic carbocycles. The lowest BCUT2D eigenvalue weighted by atomic mass is 10.2. The molecule has 1 aliphatic heterocycles. The second-order valence-corrected chi connectivity index (χ2v) is 4.05. The van der Waals surface area contributed by atoms with Crippen molar-refractivity contribution in [3.05, 3.63) is 23.8 Å². The number of carbonyl (C=O) groups excluding carboxylic acids is 1. The highest BCUT2D eigenvalue weighted by molar-refractivity contribution is 8.00. The monoisotopic (exact) mass is 204 g/mol. The highest BCUT2D eigenvalue weighted by Gasteiger charge is 2.21. The first-order valence-electron chi connectivity index (χ1n) is 4.16. The Bertz CT molecular complexity index is 436. The van der Waals surface area contributed by atoms with Crippen LogP contribution in [0.2, 0.25) is 0 Å². The van der Waals surface area contributed by atoms with Crippen molar-refractivity contribution in [2.24, 2.45) is 0 Å². The van der Waals surface area contributed by atoms with Crippen LogP contribution in [0, 0.1) is 11.3 Å². The smallest absolute Gasteiger partial charge is 0.237 e. The van der Waals surface area contributed by atoms with Gasteiger partial charge < -0.3 is 4.90 Å². The molecule has 14 heavy (non-hydrogen) atoms. The van der Waals surface area contributed by atoms with Crippen LogP contribution in [-0.2, 0) is 4.79 Å². The second kappa shape index (κ2) is 3.35. The first-order chi connectivity index (χ1) is 6.72. The van der Waals surface area contributed by atoms with E-state index in [-0.39, 0.29) is 5.91 Å². The third-order valence-electron chi connectivity index (χ3n) is 2.18. The highest BCUT2D eigenvalue weighted by Crippen LogP contribution is 2.34. The van der Waals surface area contributed by atoms with E-state index in [2.05, 4.69) is 6.07 Å². The Balaban J connectivity index is 2.50. The Morgan fingerprint density at radius 3 is 3.07 bits per heavy atom. The molecule has 2 rings (SSSR count). The normalized spacial score (nSPS) is 14.9. The van der Waals surface area contributed by atoms with E-state index in [1.165, 1.54) is 11.8 Å². The van der Waals surface area contributed by atoms with Gasteiger partial charge in [0.1, 0.15) is 0 Å². The van der Waals surface area contributed by atoms with E-state index < -0.39 is 0 Å². The molecule has 4 heteroatoms. The number of nitriles is 1. The van der Waals surface area contributed by atoms with Crippen LogP contribution in [0.1, 0.15) is 5.56 Å². The molecule has 0 spiro atoms. The van der Waals surface area contributed by atoms with Gasteiger partial charge in [0.15, 0.2) is 0 Å². The van der Waals surface area contributed by atoms with Gasteiger partial charge in [0.25, 0.3) is 0 Å². The molecule has 0 fully saturated rings. The van der Waals surface area contributed by atoms with E-state index in [4.69, 9.17) is 5.26 Å². The van der Waals surface area contributed by atoms with Crippen molar-refractivity contribution in [2.75, 3.05) is 17.7 Å². The van der Waals surface area contributed by atoms with E-state index >= 15 is 0 Å². The van der Waals surface area contributed by atoms with Crippen LogP contribution in [0.3, 0.4) is 0 Å².